The van der Waals surface area contributed by atoms with E-state index >= 15 is 0 Å². The Bertz CT molecular complexity index is 969. The summed E-state index contributed by atoms with van der Waals surface area (Å²) >= 11 is 0. The average Bonchev–Trinajstić information content (AvgIpc) is 2.73. The van der Waals surface area contributed by atoms with Crippen LogP contribution in [0.1, 0.15) is 51.5 Å². The van der Waals surface area contributed by atoms with E-state index in [1.807, 2.05) is 38.1 Å². The fourth-order valence-corrected chi connectivity index (χ4v) is 4.74. The highest BCUT2D eigenvalue weighted by molar-refractivity contribution is 5.60. The van der Waals surface area contributed by atoms with Gasteiger partial charge in [0, 0.05) is 11.5 Å². The van der Waals surface area contributed by atoms with Gasteiger partial charge < -0.3 is 10.5 Å². The molecule has 1 unspecified atom stereocenters. The normalized spacial score (nSPS) is 25.3. The molecule has 0 amide bonds. The fraction of sp³-hybridized carbons (Fsp3) is 0.458. The molecule has 0 radical (unpaired) electrons. The highest BCUT2D eigenvalue weighted by Crippen LogP contribution is 2.58. The summed E-state index contributed by atoms with van der Waals surface area (Å²) in [5.74, 6) is 0.476. The van der Waals surface area contributed by atoms with Crippen molar-refractivity contribution in [1.29, 1.82) is 15.8 Å². The van der Waals surface area contributed by atoms with Crippen LogP contribution in [-0.2, 0) is 0 Å². The summed E-state index contributed by atoms with van der Waals surface area (Å²) in [4.78, 5) is 0. The van der Waals surface area contributed by atoms with Crippen LogP contribution >= 0.6 is 0 Å². The van der Waals surface area contributed by atoms with Crippen LogP contribution in [0.5, 0.6) is 5.75 Å². The summed E-state index contributed by atoms with van der Waals surface area (Å²) in [6.07, 6.45) is 4.73. The van der Waals surface area contributed by atoms with Crippen LogP contribution in [0.15, 0.2) is 47.2 Å². The lowest BCUT2D eigenvalue weighted by Gasteiger charge is -2.45. The summed E-state index contributed by atoms with van der Waals surface area (Å²) in [6, 6.07) is 14.2. The number of hydrogen-bond donors (Lipinski definition) is 1. The molecule has 0 heterocycles. The first-order valence-corrected chi connectivity index (χ1v) is 10.1. The number of ether oxygens (including phenoxy) is 1. The number of allylic oxidation sites excluding steroid dienone is 4. The standard InChI is InChI=1S/C24H26N4O/c1-4-16-9-10-17-19(11-16)22(18-7-5-6-8-21(18)29-15(2)3)24(13-26,14-27)23(28)20(17)12-25/h5-8,10,15-16,19,22H,4,9,11,28H2,1-3H3/t16?,19-,22+/m1/s1. The number of rotatable bonds is 4. The first-order valence-electron chi connectivity index (χ1n) is 10.1. The molecule has 3 rings (SSSR count). The molecule has 1 aromatic carbocycles. The van der Waals surface area contributed by atoms with Crippen molar-refractivity contribution in [3.05, 3.63) is 52.7 Å². The van der Waals surface area contributed by atoms with Crippen molar-refractivity contribution in [2.75, 3.05) is 0 Å². The van der Waals surface area contributed by atoms with E-state index in [4.69, 9.17) is 10.5 Å². The molecule has 5 heteroatoms. The van der Waals surface area contributed by atoms with Gasteiger partial charge in [0.25, 0.3) is 0 Å². The quantitative estimate of drug-likeness (QED) is 0.807. The number of para-hydroxylation sites is 1. The summed E-state index contributed by atoms with van der Waals surface area (Å²) in [5.41, 5.74) is 6.80. The van der Waals surface area contributed by atoms with Gasteiger partial charge in [-0.1, -0.05) is 37.6 Å². The van der Waals surface area contributed by atoms with E-state index in [2.05, 4.69) is 31.2 Å². The van der Waals surface area contributed by atoms with Crippen molar-refractivity contribution < 1.29 is 4.74 Å². The van der Waals surface area contributed by atoms with Crippen LogP contribution in [0.25, 0.3) is 0 Å². The Morgan fingerprint density at radius 2 is 1.90 bits per heavy atom. The lowest BCUT2D eigenvalue weighted by atomic mass is 9.55. The molecule has 29 heavy (non-hydrogen) atoms. The lowest BCUT2D eigenvalue weighted by molar-refractivity contribution is 0.225. The van der Waals surface area contributed by atoms with E-state index in [0.29, 0.717) is 17.2 Å². The van der Waals surface area contributed by atoms with E-state index in [1.165, 1.54) is 0 Å². The van der Waals surface area contributed by atoms with Gasteiger partial charge in [0.1, 0.15) is 11.8 Å². The molecule has 2 aliphatic rings. The van der Waals surface area contributed by atoms with E-state index in [1.54, 1.807) is 0 Å². The van der Waals surface area contributed by atoms with Crippen LogP contribution in [-0.4, -0.2) is 6.10 Å². The zero-order chi connectivity index (χ0) is 21.2. The number of nitrogens with zero attached hydrogens (tertiary/aromatic N) is 3. The maximum absolute atomic E-state index is 10.2. The van der Waals surface area contributed by atoms with Gasteiger partial charge in [-0.25, -0.2) is 0 Å². The molecule has 0 bridgehead atoms. The van der Waals surface area contributed by atoms with Crippen LogP contribution in [0.2, 0.25) is 0 Å². The predicted octanol–water partition coefficient (Wildman–Crippen LogP) is 4.70. The highest BCUT2D eigenvalue weighted by Gasteiger charge is 2.55. The van der Waals surface area contributed by atoms with Gasteiger partial charge in [-0.2, -0.15) is 15.8 Å². The lowest BCUT2D eigenvalue weighted by Crippen LogP contribution is -2.43. The first kappa shape index (κ1) is 20.5. The van der Waals surface area contributed by atoms with E-state index < -0.39 is 11.3 Å². The second kappa shape index (κ2) is 8.02. The number of benzene rings is 1. The summed E-state index contributed by atoms with van der Waals surface area (Å²) in [7, 11) is 0. The molecule has 2 aliphatic carbocycles. The van der Waals surface area contributed by atoms with Crippen molar-refractivity contribution in [3.8, 4) is 24.0 Å². The molecule has 5 nitrogen and oxygen atoms in total. The Morgan fingerprint density at radius 3 is 2.48 bits per heavy atom. The van der Waals surface area contributed by atoms with Crippen molar-refractivity contribution >= 4 is 0 Å². The zero-order valence-electron chi connectivity index (χ0n) is 17.1. The van der Waals surface area contributed by atoms with Crippen LogP contribution in [0, 0.1) is 51.2 Å². The summed E-state index contributed by atoms with van der Waals surface area (Å²) in [5, 5.41) is 30.2. The van der Waals surface area contributed by atoms with E-state index in [9.17, 15) is 15.8 Å². The molecule has 0 saturated heterocycles. The minimum atomic E-state index is -1.61. The van der Waals surface area contributed by atoms with Crippen molar-refractivity contribution in [3.63, 3.8) is 0 Å². The Hall–Kier alpha value is -3.23. The number of nitrogens with two attached hydrogens (primary N) is 1. The second-order valence-corrected chi connectivity index (χ2v) is 8.13. The molecule has 148 valence electrons. The molecule has 0 fully saturated rings. The molecule has 1 aromatic rings. The van der Waals surface area contributed by atoms with Gasteiger partial charge in [-0.05, 0) is 50.2 Å². The van der Waals surface area contributed by atoms with Gasteiger partial charge in [0.15, 0.2) is 5.41 Å². The van der Waals surface area contributed by atoms with Crippen molar-refractivity contribution in [2.24, 2.45) is 23.0 Å². The maximum atomic E-state index is 10.2. The zero-order valence-corrected chi connectivity index (χ0v) is 17.1. The largest absolute Gasteiger partial charge is 0.491 e. The molecular formula is C24H26N4O. The van der Waals surface area contributed by atoms with Crippen LogP contribution in [0.3, 0.4) is 0 Å². The molecule has 0 aromatic heterocycles. The summed E-state index contributed by atoms with van der Waals surface area (Å²) in [6.45, 7) is 6.04. The predicted molar refractivity (Wildman–Crippen MR) is 110 cm³/mol. The molecule has 3 atom stereocenters. The van der Waals surface area contributed by atoms with E-state index in [-0.39, 0.29) is 17.7 Å². The Balaban J connectivity index is 2.32. The van der Waals surface area contributed by atoms with Gasteiger partial charge in [-0.3, -0.25) is 0 Å². The van der Waals surface area contributed by atoms with Gasteiger partial charge in [0.05, 0.1) is 29.5 Å². The number of fused-ring (bicyclic) bond motifs is 1. The Kier molecular flexibility index (Phi) is 5.67. The van der Waals surface area contributed by atoms with Crippen LogP contribution < -0.4 is 10.5 Å². The van der Waals surface area contributed by atoms with Gasteiger partial charge in [-0.15, -0.1) is 0 Å². The molecular weight excluding hydrogens is 360 g/mol. The minimum absolute atomic E-state index is 0.0503. The molecule has 2 N–H and O–H groups in total. The Labute approximate surface area is 172 Å². The maximum Gasteiger partial charge on any atom is 0.191 e. The Morgan fingerprint density at radius 1 is 1.21 bits per heavy atom. The summed E-state index contributed by atoms with van der Waals surface area (Å²) < 4.78 is 6.04. The number of hydrogen-bond acceptors (Lipinski definition) is 5. The van der Waals surface area contributed by atoms with E-state index in [0.717, 1.165) is 30.4 Å². The van der Waals surface area contributed by atoms with Crippen molar-refractivity contribution in [1.82, 2.24) is 0 Å². The van der Waals surface area contributed by atoms with Crippen molar-refractivity contribution in [2.45, 2.75) is 52.1 Å². The minimum Gasteiger partial charge on any atom is -0.491 e. The first-order chi connectivity index (χ1) is 13.9. The molecule has 0 saturated carbocycles. The number of nitriles is 3. The molecule has 0 aliphatic heterocycles. The SMILES string of the molecule is CCC1CC=C2C(C#N)=C(N)C(C#N)(C#N)[C@@H](c3ccccc3OC(C)C)[C@@H]2C1. The fourth-order valence-electron chi connectivity index (χ4n) is 4.74. The monoisotopic (exact) mass is 386 g/mol. The molecule has 0 spiro atoms. The smallest absolute Gasteiger partial charge is 0.191 e. The average molecular weight is 386 g/mol. The third-order valence-corrected chi connectivity index (χ3v) is 6.17. The van der Waals surface area contributed by atoms with Crippen LogP contribution in [0.4, 0.5) is 0 Å². The third-order valence-electron chi connectivity index (χ3n) is 6.17. The van der Waals surface area contributed by atoms with Gasteiger partial charge >= 0.3 is 0 Å². The topological polar surface area (TPSA) is 107 Å². The van der Waals surface area contributed by atoms with Gasteiger partial charge in [0.2, 0.25) is 0 Å². The second-order valence-electron chi connectivity index (χ2n) is 8.13. The highest BCUT2D eigenvalue weighted by atomic mass is 16.5. The third kappa shape index (κ3) is 3.26.